The molecule has 1 heterocycles. The summed E-state index contributed by atoms with van der Waals surface area (Å²) in [6, 6.07) is 0.0722. The van der Waals surface area contributed by atoms with Crippen molar-refractivity contribution < 1.29 is 4.79 Å². The van der Waals surface area contributed by atoms with Crippen LogP contribution in [0, 0.1) is 0 Å². The van der Waals surface area contributed by atoms with Gasteiger partial charge in [0.2, 0.25) is 0 Å². The minimum Gasteiger partial charge on any atom is -0.299 e. The molecule has 1 aliphatic heterocycles. The molecule has 0 amide bonds. The minimum atomic E-state index is 0.0722. The molecule has 1 saturated heterocycles. The zero-order valence-corrected chi connectivity index (χ0v) is 10.0. The molecule has 0 bridgehead atoms. The van der Waals surface area contributed by atoms with E-state index in [2.05, 4.69) is 30.7 Å². The predicted molar refractivity (Wildman–Crippen MR) is 58.4 cm³/mol. The third-order valence-electron chi connectivity index (χ3n) is 3.48. The molecular weight excluding hydrogens is 176 g/mol. The van der Waals surface area contributed by atoms with Gasteiger partial charge in [-0.25, -0.2) is 0 Å². The number of carbonyl (C=O) groups is 1. The first kappa shape index (κ1) is 11.7. The number of Topliss-reactive ketones (excluding diaryl/α,β-unsaturated/α-hetero) is 1. The van der Waals surface area contributed by atoms with Crippen molar-refractivity contribution in [1.82, 2.24) is 9.80 Å². The first-order valence-corrected chi connectivity index (χ1v) is 5.30. The Bertz CT molecular complexity index is 225. The molecular formula is C11H22N2O. The molecule has 0 aromatic heterocycles. The smallest absolute Gasteiger partial charge is 0.146 e. The van der Waals surface area contributed by atoms with Crippen molar-refractivity contribution in [1.29, 1.82) is 0 Å². The van der Waals surface area contributed by atoms with Gasteiger partial charge < -0.3 is 0 Å². The van der Waals surface area contributed by atoms with Crippen molar-refractivity contribution in [2.75, 3.05) is 26.7 Å². The van der Waals surface area contributed by atoms with Crippen LogP contribution >= 0.6 is 0 Å². The Kier molecular flexibility index (Phi) is 3.32. The third-order valence-corrected chi connectivity index (χ3v) is 3.48. The van der Waals surface area contributed by atoms with E-state index in [1.165, 1.54) is 0 Å². The largest absolute Gasteiger partial charge is 0.299 e. The van der Waals surface area contributed by atoms with Crippen LogP contribution < -0.4 is 0 Å². The minimum absolute atomic E-state index is 0.0722. The molecule has 1 atom stereocenters. The van der Waals surface area contributed by atoms with Crippen molar-refractivity contribution in [2.24, 2.45) is 0 Å². The average Bonchev–Trinajstić information content (AvgIpc) is 2.08. The summed E-state index contributed by atoms with van der Waals surface area (Å²) in [6.07, 6.45) is 0. The maximum Gasteiger partial charge on any atom is 0.146 e. The van der Waals surface area contributed by atoms with E-state index >= 15 is 0 Å². The summed E-state index contributed by atoms with van der Waals surface area (Å²) in [5.41, 5.74) is 0.183. The van der Waals surface area contributed by atoms with Crippen molar-refractivity contribution in [3.05, 3.63) is 0 Å². The molecule has 14 heavy (non-hydrogen) atoms. The fourth-order valence-electron chi connectivity index (χ4n) is 1.87. The van der Waals surface area contributed by atoms with Gasteiger partial charge in [-0.15, -0.1) is 0 Å². The maximum absolute atomic E-state index is 11.3. The van der Waals surface area contributed by atoms with Crippen LogP contribution in [-0.4, -0.2) is 53.8 Å². The van der Waals surface area contributed by atoms with Gasteiger partial charge in [0, 0.05) is 25.2 Å². The number of hydrogen-bond acceptors (Lipinski definition) is 3. The van der Waals surface area contributed by atoms with Crippen LogP contribution in [-0.2, 0) is 4.79 Å². The van der Waals surface area contributed by atoms with E-state index in [0.717, 1.165) is 19.6 Å². The summed E-state index contributed by atoms with van der Waals surface area (Å²) in [5.74, 6) is 0.269. The summed E-state index contributed by atoms with van der Waals surface area (Å²) in [6.45, 7) is 11.2. The van der Waals surface area contributed by atoms with Crippen LogP contribution in [0.3, 0.4) is 0 Å². The Morgan fingerprint density at radius 1 is 1.36 bits per heavy atom. The molecule has 0 aromatic carbocycles. The van der Waals surface area contributed by atoms with E-state index in [1.54, 1.807) is 6.92 Å². The lowest BCUT2D eigenvalue weighted by Gasteiger charge is -2.46. The molecule has 0 aromatic rings. The number of nitrogens with zero attached hydrogens (tertiary/aromatic N) is 2. The lowest BCUT2D eigenvalue weighted by atomic mass is 9.98. The van der Waals surface area contributed by atoms with Crippen molar-refractivity contribution in [3.63, 3.8) is 0 Å². The zero-order valence-electron chi connectivity index (χ0n) is 10.0. The van der Waals surface area contributed by atoms with Crippen LogP contribution in [0.1, 0.15) is 27.7 Å². The van der Waals surface area contributed by atoms with Gasteiger partial charge in [-0.2, -0.15) is 0 Å². The highest BCUT2D eigenvalue weighted by Crippen LogP contribution is 2.20. The molecule has 1 unspecified atom stereocenters. The van der Waals surface area contributed by atoms with E-state index in [0.29, 0.717) is 0 Å². The van der Waals surface area contributed by atoms with Crippen molar-refractivity contribution in [2.45, 2.75) is 39.3 Å². The Morgan fingerprint density at radius 3 is 2.36 bits per heavy atom. The predicted octanol–water partition coefficient (Wildman–Crippen LogP) is 0.990. The van der Waals surface area contributed by atoms with Crippen LogP contribution in [0.25, 0.3) is 0 Å². The number of rotatable bonds is 2. The second-order valence-corrected chi connectivity index (χ2v) is 4.99. The van der Waals surface area contributed by atoms with Crippen molar-refractivity contribution in [3.8, 4) is 0 Å². The number of carbonyl (C=O) groups excluding carboxylic acids is 1. The molecule has 3 nitrogen and oxygen atoms in total. The van der Waals surface area contributed by atoms with E-state index in [-0.39, 0.29) is 17.4 Å². The highest BCUT2D eigenvalue weighted by atomic mass is 16.1. The van der Waals surface area contributed by atoms with Crippen LogP contribution in [0.15, 0.2) is 0 Å². The van der Waals surface area contributed by atoms with Gasteiger partial charge >= 0.3 is 0 Å². The molecule has 0 N–H and O–H groups in total. The van der Waals surface area contributed by atoms with E-state index in [9.17, 15) is 4.79 Å². The Balaban J connectivity index is 2.64. The first-order chi connectivity index (χ1) is 6.34. The quantitative estimate of drug-likeness (QED) is 0.661. The van der Waals surface area contributed by atoms with E-state index < -0.39 is 0 Å². The second kappa shape index (κ2) is 3.99. The summed E-state index contributed by atoms with van der Waals surface area (Å²) >= 11 is 0. The lowest BCUT2D eigenvalue weighted by molar-refractivity contribution is -0.123. The van der Waals surface area contributed by atoms with Gasteiger partial charge in [-0.1, -0.05) is 0 Å². The van der Waals surface area contributed by atoms with Crippen LogP contribution in [0.5, 0.6) is 0 Å². The summed E-state index contributed by atoms with van der Waals surface area (Å²) < 4.78 is 0. The second-order valence-electron chi connectivity index (χ2n) is 4.99. The molecule has 1 aliphatic rings. The molecule has 0 radical (unpaired) electrons. The van der Waals surface area contributed by atoms with Crippen LogP contribution in [0.4, 0.5) is 0 Å². The molecule has 0 aliphatic carbocycles. The molecule has 1 rings (SSSR count). The van der Waals surface area contributed by atoms with Crippen molar-refractivity contribution >= 4 is 5.78 Å². The highest BCUT2D eigenvalue weighted by molar-refractivity contribution is 5.80. The zero-order chi connectivity index (χ0) is 10.9. The fourth-order valence-corrected chi connectivity index (χ4v) is 1.87. The third kappa shape index (κ3) is 2.34. The number of piperazine rings is 1. The maximum atomic E-state index is 11.3. The summed E-state index contributed by atoms with van der Waals surface area (Å²) in [7, 11) is 2.15. The molecule has 0 saturated carbocycles. The van der Waals surface area contributed by atoms with Gasteiger partial charge in [0.1, 0.15) is 5.78 Å². The number of ketones is 1. The van der Waals surface area contributed by atoms with Gasteiger partial charge in [0.25, 0.3) is 0 Å². The standard InChI is InChI=1S/C11H22N2O/c1-9(10(2)14)13-7-6-12(5)11(3,4)8-13/h9H,6-8H2,1-5H3. The average molecular weight is 198 g/mol. The van der Waals surface area contributed by atoms with Crippen LogP contribution in [0.2, 0.25) is 0 Å². The van der Waals surface area contributed by atoms with Gasteiger partial charge in [-0.05, 0) is 34.7 Å². The van der Waals surface area contributed by atoms with Gasteiger partial charge in [-0.3, -0.25) is 14.6 Å². The highest BCUT2D eigenvalue weighted by Gasteiger charge is 2.33. The lowest BCUT2D eigenvalue weighted by Crippen LogP contribution is -2.60. The first-order valence-electron chi connectivity index (χ1n) is 5.30. The number of hydrogen-bond donors (Lipinski definition) is 0. The topological polar surface area (TPSA) is 23.6 Å². The molecule has 3 heteroatoms. The Morgan fingerprint density at radius 2 is 1.93 bits per heavy atom. The molecule has 82 valence electrons. The Labute approximate surface area is 87.1 Å². The van der Waals surface area contributed by atoms with E-state index in [4.69, 9.17) is 0 Å². The summed E-state index contributed by atoms with van der Waals surface area (Å²) in [5, 5.41) is 0. The monoisotopic (exact) mass is 198 g/mol. The SMILES string of the molecule is CC(=O)C(C)N1CCN(C)C(C)(C)C1. The normalized spacial score (nSPS) is 26.1. The van der Waals surface area contributed by atoms with Gasteiger partial charge in [0.15, 0.2) is 0 Å². The fraction of sp³-hybridized carbons (Fsp3) is 0.909. The molecule has 0 spiro atoms. The summed E-state index contributed by atoms with van der Waals surface area (Å²) in [4.78, 5) is 15.9. The number of likely N-dealkylation sites (N-methyl/N-ethyl adjacent to an activating group) is 1. The van der Waals surface area contributed by atoms with E-state index in [1.807, 2.05) is 6.92 Å². The molecule has 1 fully saturated rings. The van der Waals surface area contributed by atoms with Gasteiger partial charge in [0.05, 0.1) is 6.04 Å². The Hall–Kier alpha value is -0.410.